The van der Waals surface area contributed by atoms with E-state index in [0.29, 0.717) is 17.4 Å². The molecule has 1 aliphatic carbocycles. The number of hydrogen-bond donors (Lipinski definition) is 0. The molecule has 5 nitrogen and oxygen atoms in total. The van der Waals surface area contributed by atoms with Crippen LogP contribution in [0.15, 0.2) is 36.5 Å². The number of rotatable bonds is 3. The van der Waals surface area contributed by atoms with E-state index in [1.54, 1.807) is 18.0 Å². The van der Waals surface area contributed by atoms with E-state index in [4.69, 9.17) is 4.74 Å². The Morgan fingerprint density at radius 1 is 1.12 bits per heavy atom. The van der Waals surface area contributed by atoms with Gasteiger partial charge in [0.25, 0.3) is 5.91 Å². The van der Waals surface area contributed by atoms with Crippen molar-refractivity contribution < 1.29 is 9.53 Å². The first-order chi connectivity index (χ1) is 12.3. The van der Waals surface area contributed by atoms with Crippen molar-refractivity contribution in [2.75, 3.05) is 20.2 Å². The Morgan fingerprint density at radius 2 is 1.88 bits per heavy atom. The predicted octanol–water partition coefficient (Wildman–Crippen LogP) is 3.53. The molecule has 0 spiro atoms. The van der Waals surface area contributed by atoms with Crippen molar-refractivity contribution in [1.29, 1.82) is 0 Å². The van der Waals surface area contributed by atoms with Crippen molar-refractivity contribution >= 4 is 5.91 Å². The lowest BCUT2D eigenvalue weighted by molar-refractivity contribution is 0.0512. The van der Waals surface area contributed by atoms with E-state index in [1.165, 1.54) is 25.7 Å². The number of para-hydroxylation sites is 1. The van der Waals surface area contributed by atoms with Crippen LogP contribution in [0.2, 0.25) is 0 Å². The Kier molecular flexibility index (Phi) is 4.47. The molecule has 1 saturated heterocycles. The lowest BCUT2D eigenvalue weighted by Gasteiger charge is -2.41. The van der Waals surface area contributed by atoms with Gasteiger partial charge < -0.3 is 9.64 Å². The first-order valence-corrected chi connectivity index (χ1v) is 9.24. The summed E-state index contributed by atoms with van der Waals surface area (Å²) in [6.07, 6.45) is 8.15. The minimum Gasteiger partial charge on any atom is -0.493 e. The second-order valence-electron chi connectivity index (χ2n) is 7.17. The van der Waals surface area contributed by atoms with Gasteiger partial charge in [-0.1, -0.05) is 37.5 Å². The molecule has 2 atom stereocenters. The number of fused-ring (bicyclic) bond motifs is 1. The smallest absolute Gasteiger partial charge is 0.278 e. The molecule has 1 saturated carbocycles. The number of aromatic nitrogens is 2. The molecule has 132 valence electrons. The van der Waals surface area contributed by atoms with E-state index < -0.39 is 0 Å². The highest BCUT2D eigenvalue weighted by atomic mass is 16.5. The highest BCUT2D eigenvalue weighted by Gasteiger charge is 2.34. The average molecular weight is 339 g/mol. The largest absolute Gasteiger partial charge is 0.493 e. The van der Waals surface area contributed by atoms with E-state index in [1.807, 2.05) is 35.2 Å². The fourth-order valence-electron chi connectivity index (χ4n) is 4.30. The maximum Gasteiger partial charge on any atom is 0.278 e. The van der Waals surface area contributed by atoms with Gasteiger partial charge in [0.1, 0.15) is 0 Å². The van der Waals surface area contributed by atoms with E-state index >= 15 is 0 Å². The van der Waals surface area contributed by atoms with Gasteiger partial charge in [0, 0.05) is 13.1 Å². The zero-order chi connectivity index (χ0) is 17.2. The second kappa shape index (κ2) is 6.90. The summed E-state index contributed by atoms with van der Waals surface area (Å²) in [7, 11) is 1.59. The molecule has 0 N–H and O–H groups in total. The van der Waals surface area contributed by atoms with Crippen molar-refractivity contribution in [2.45, 2.75) is 32.1 Å². The SMILES string of the molecule is COc1cn(-c2ccccc2)nc1C(=O)N1CC[C@@H]2CCCC[C@@H]2C1. The van der Waals surface area contributed by atoms with E-state index in [9.17, 15) is 4.79 Å². The monoisotopic (exact) mass is 339 g/mol. The zero-order valence-corrected chi connectivity index (χ0v) is 14.7. The van der Waals surface area contributed by atoms with Crippen molar-refractivity contribution in [1.82, 2.24) is 14.7 Å². The Hall–Kier alpha value is -2.30. The van der Waals surface area contributed by atoms with Crippen LogP contribution in [0.4, 0.5) is 0 Å². The Balaban J connectivity index is 1.56. The quantitative estimate of drug-likeness (QED) is 0.859. The van der Waals surface area contributed by atoms with Gasteiger partial charge in [-0.15, -0.1) is 0 Å². The molecule has 0 unspecified atom stereocenters. The Morgan fingerprint density at radius 3 is 2.64 bits per heavy atom. The molecule has 2 fully saturated rings. The number of hydrogen-bond acceptors (Lipinski definition) is 3. The molecular weight excluding hydrogens is 314 g/mol. The van der Waals surface area contributed by atoms with Gasteiger partial charge in [-0.2, -0.15) is 5.10 Å². The molecule has 1 aromatic carbocycles. The molecular formula is C20H25N3O2. The molecule has 2 aliphatic rings. The molecule has 2 aromatic rings. The summed E-state index contributed by atoms with van der Waals surface area (Å²) < 4.78 is 7.16. The zero-order valence-electron chi connectivity index (χ0n) is 14.7. The van der Waals surface area contributed by atoms with E-state index in [-0.39, 0.29) is 5.91 Å². The molecule has 0 radical (unpaired) electrons. The van der Waals surface area contributed by atoms with Gasteiger partial charge >= 0.3 is 0 Å². The highest BCUT2D eigenvalue weighted by Crippen LogP contribution is 2.36. The van der Waals surface area contributed by atoms with Gasteiger partial charge in [-0.05, 0) is 36.8 Å². The predicted molar refractivity (Wildman–Crippen MR) is 96.1 cm³/mol. The van der Waals surface area contributed by atoms with Gasteiger partial charge in [0.2, 0.25) is 0 Å². The van der Waals surface area contributed by atoms with Crippen LogP contribution in [0.25, 0.3) is 5.69 Å². The summed E-state index contributed by atoms with van der Waals surface area (Å²) in [6.45, 7) is 1.70. The molecule has 2 heterocycles. The molecule has 1 amide bonds. The summed E-state index contributed by atoms with van der Waals surface area (Å²) in [5.74, 6) is 2.01. The fourth-order valence-corrected chi connectivity index (χ4v) is 4.30. The highest BCUT2D eigenvalue weighted by molar-refractivity contribution is 5.95. The van der Waals surface area contributed by atoms with E-state index in [0.717, 1.165) is 31.1 Å². The van der Waals surface area contributed by atoms with Crippen LogP contribution in [0.3, 0.4) is 0 Å². The lowest BCUT2D eigenvalue weighted by atomic mass is 9.75. The van der Waals surface area contributed by atoms with Crippen molar-refractivity contribution in [3.8, 4) is 11.4 Å². The van der Waals surface area contributed by atoms with Crippen molar-refractivity contribution in [3.63, 3.8) is 0 Å². The molecule has 25 heavy (non-hydrogen) atoms. The average Bonchev–Trinajstić information content (AvgIpc) is 3.12. The summed E-state index contributed by atoms with van der Waals surface area (Å²) >= 11 is 0. The van der Waals surface area contributed by atoms with Gasteiger partial charge in [0.15, 0.2) is 11.4 Å². The molecule has 5 heteroatoms. The van der Waals surface area contributed by atoms with Gasteiger partial charge in [0.05, 0.1) is 19.0 Å². The first-order valence-electron chi connectivity index (χ1n) is 9.24. The first kappa shape index (κ1) is 16.2. The number of benzene rings is 1. The number of amides is 1. The van der Waals surface area contributed by atoms with Crippen LogP contribution in [0.5, 0.6) is 5.75 Å². The standard InChI is InChI=1S/C20H25N3O2/c1-25-18-14-23(17-9-3-2-4-10-17)21-19(18)20(24)22-12-11-15-7-5-6-8-16(15)13-22/h2-4,9-10,14-16H,5-8,11-13H2,1H3/t15-,16+/m0/s1. The van der Waals surface area contributed by atoms with Crippen LogP contribution in [-0.2, 0) is 0 Å². The van der Waals surface area contributed by atoms with Gasteiger partial charge in [-0.25, -0.2) is 4.68 Å². The Bertz CT molecular complexity index is 741. The molecule has 4 rings (SSSR count). The number of piperidine rings is 1. The normalized spacial score (nSPS) is 23.2. The van der Waals surface area contributed by atoms with E-state index in [2.05, 4.69) is 5.10 Å². The maximum atomic E-state index is 13.1. The number of likely N-dealkylation sites (tertiary alicyclic amines) is 1. The summed E-state index contributed by atoms with van der Waals surface area (Å²) in [5.41, 5.74) is 1.34. The lowest BCUT2D eigenvalue weighted by Crippen LogP contribution is -2.45. The molecule has 0 bridgehead atoms. The minimum absolute atomic E-state index is 0.00412. The number of carbonyl (C=O) groups is 1. The summed E-state index contributed by atoms with van der Waals surface area (Å²) in [6, 6.07) is 9.81. The fraction of sp³-hybridized carbons (Fsp3) is 0.500. The van der Waals surface area contributed by atoms with Crippen LogP contribution in [0, 0.1) is 11.8 Å². The number of carbonyl (C=O) groups excluding carboxylic acids is 1. The molecule has 1 aliphatic heterocycles. The number of nitrogens with zero attached hydrogens (tertiary/aromatic N) is 3. The third-order valence-corrected chi connectivity index (χ3v) is 5.70. The number of methoxy groups -OCH3 is 1. The second-order valence-corrected chi connectivity index (χ2v) is 7.17. The van der Waals surface area contributed by atoms with Crippen LogP contribution >= 0.6 is 0 Å². The minimum atomic E-state index is -0.00412. The topological polar surface area (TPSA) is 47.4 Å². The third kappa shape index (κ3) is 3.15. The van der Waals surface area contributed by atoms with Gasteiger partial charge in [-0.3, -0.25) is 4.79 Å². The summed E-state index contributed by atoms with van der Waals surface area (Å²) in [5, 5.41) is 4.53. The van der Waals surface area contributed by atoms with Crippen molar-refractivity contribution in [3.05, 3.63) is 42.2 Å². The van der Waals surface area contributed by atoms with Crippen molar-refractivity contribution in [2.24, 2.45) is 11.8 Å². The summed E-state index contributed by atoms with van der Waals surface area (Å²) in [4.78, 5) is 15.0. The van der Waals surface area contributed by atoms with Crippen LogP contribution < -0.4 is 4.74 Å². The maximum absolute atomic E-state index is 13.1. The number of ether oxygens (including phenoxy) is 1. The van der Waals surface area contributed by atoms with Crippen LogP contribution in [-0.4, -0.2) is 40.8 Å². The third-order valence-electron chi connectivity index (χ3n) is 5.70. The Labute approximate surface area is 148 Å². The van der Waals surface area contributed by atoms with Crippen LogP contribution in [0.1, 0.15) is 42.6 Å². The molecule has 1 aromatic heterocycles.